The molecule has 1 atom stereocenters. The van der Waals surface area contributed by atoms with E-state index >= 15 is 0 Å². The molecule has 0 aliphatic carbocycles. The number of aromatic nitrogens is 2. The Morgan fingerprint density at radius 1 is 1.45 bits per heavy atom. The van der Waals surface area contributed by atoms with Gasteiger partial charge in [-0.15, -0.1) is 12.4 Å². The van der Waals surface area contributed by atoms with Crippen molar-refractivity contribution < 1.29 is 13.7 Å². The second-order valence-electron chi connectivity index (χ2n) is 4.48. The number of nitrogens with one attached hydrogen (secondary N) is 1. The molecule has 2 heterocycles. The monoisotopic (exact) mass is 299 g/mol. The standard InChI is InChI=1S/C13H14FN3O2.ClH/c14-10-2-1-3-11(6-10)18-8-12-16-13(19-17-12)9-4-5-15-7-9;/h1-3,6,9,15H,4-5,7-8H2;1H. The summed E-state index contributed by atoms with van der Waals surface area (Å²) in [6, 6.07) is 5.97. The molecular weight excluding hydrogens is 285 g/mol. The number of hydrogen-bond acceptors (Lipinski definition) is 5. The molecule has 7 heteroatoms. The van der Waals surface area contributed by atoms with Crippen molar-refractivity contribution in [3.63, 3.8) is 0 Å². The van der Waals surface area contributed by atoms with Gasteiger partial charge in [-0.2, -0.15) is 4.98 Å². The maximum absolute atomic E-state index is 13.0. The summed E-state index contributed by atoms with van der Waals surface area (Å²) in [6.07, 6.45) is 1.01. The van der Waals surface area contributed by atoms with E-state index in [1.165, 1.54) is 12.1 Å². The van der Waals surface area contributed by atoms with E-state index in [9.17, 15) is 4.39 Å². The maximum Gasteiger partial charge on any atom is 0.231 e. The third kappa shape index (κ3) is 3.46. The smallest absolute Gasteiger partial charge is 0.231 e. The summed E-state index contributed by atoms with van der Waals surface area (Å²) in [6.45, 7) is 2.02. The van der Waals surface area contributed by atoms with Gasteiger partial charge < -0.3 is 14.6 Å². The summed E-state index contributed by atoms with van der Waals surface area (Å²) >= 11 is 0. The number of benzene rings is 1. The molecule has 5 nitrogen and oxygen atoms in total. The van der Waals surface area contributed by atoms with Crippen molar-refractivity contribution in [3.8, 4) is 5.75 Å². The highest BCUT2D eigenvalue weighted by molar-refractivity contribution is 5.85. The van der Waals surface area contributed by atoms with Gasteiger partial charge in [0.25, 0.3) is 0 Å². The molecular formula is C13H15ClFN3O2. The van der Waals surface area contributed by atoms with Gasteiger partial charge in [0.05, 0.1) is 5.92 Å². The zero-order chi connectivity index (χ0) is 13.1. The predicted octanol–water partition coefficient (Wildman–Crippen LogP) is 2.29. The largest absolute Gasteiger partial charge is 0.485 e. The van der Waals surface area contributed by atoms with Crippen LogP contribution >= 0.6 is 12.4 Å². The Morgan fingerprint density at radius 2 is 2.35 bits per heavy atom. The minimum Gasteiger partial charge on any atom is -0.485 e. The average Bonchev–Trinajstić information content (AvgIpc) is 3.07. The number of halogens is 2. The molecule has 1 N–H and O–H groups in total. The summed E-state index contributed by atoms with van der Waals surface area (Å²) in [5, 5.41) is 7.11. The molecule has 0 saturated carbocycles. The minimum absolute atomic E-state index is 0. The van der Waals surface area contributed by atoms with Crippen LogP contribution in [0, 0.1) is 5.82 Å². The van der Waals surface area contributed by atoms with Crippen LogP contribution in [0.1, 0.15) is 24.1 Å². The van der Waals surface area contributed by atoms with Crippen molar-refractivity contribution in [2.75, 3.05) is 13.1 Å². The fourth-order valence-electron chi connectivity index (χ4n) is 2.06. The van der Waals surface area contributed by atoms with Crippen LogP contribution in [-0.2, 0) is 6.61 Å². The molecule has 0 spiro atoms. The molecule has 1 fully saturated rings. The lowest BCUT2D eigenvalue weighted by Gasteiger charge is -2.02. The predicted molar refractivity (Wildman–Crippen MR) is 72.5 cm³/mol. The first-order valence-corrected chi connectivity index (χ1v) is 6.23. The highest BCUT2D eigenvalue weighted by Crippen LogP contribution is 2.20. The van der Waals surface area contributed by atoms with E-state index in [4.69, 9.17) is 9.26 Å². The topological polar surface area (TPSA) is 60.2 Å². The number of hydrogen-bond donors (Lipinski definition) is 1. The summed E-state index contributed by atoms with van der Waals surface area (Å²) in [7, 11) is 0. The molecule has 20 heavy (non-hydrogen) atoms. The number of nitrogens with zero attached hydrogens (tertiary/aromatic N) is 2. The fraction of sp³-hybridized carbons (Fsp3) is 0.385. The Kier molecular flexibility index (Phi) is 4.92. The molecule has 1 saturated heterocycles. The highest BCUT2D eigenvalue weighted by Gasteiger charge is 2.22. The molecule has 3 rings (SSSR count). The number of ether oxygens (including phenoxy) is 1. The Morgan fingerprint density at radius 3 is 3.10 bits per heavy atom. The maximum atomic E-state index is 13.0. The molecule has 1 aliphatic rings. The van der Waals surface area contributed by atoms with E-state index in [-0.39, 0.29) is 30.7 Å². The SMILES string of the molecule is Cl.Fc1cccc(OCc2noc(C3CCNC3)n2)c1. The lowest BCUT2D eigenvalue weighted by atomic mass is 10.1. The summed E-state index contributed by atoms with van der Waals surface area (Å²) < 4.78 is 23.6. The van der Waals surface area contributed by atoms with Crippen molar-refractivity contribution in [2.45, 2.75) is 18.9 Å². The zero-order valence-corrected chi connectivity index (χ0v) is 11.5. The first kappa shape index (κ1) is 14.7. The molecule has 0 radical (unpaired) electrons. The van der Waals surface area contributed by atoms with Gasteiger partial charge in [-0.3, -0.25) is 0 Å². The van der Waals surface area contributed by atoms with Gasteiger partial charge in [-0.25, -0.2) is 4.39 Å². The van der Waals surface area contributed by atoms with Crippen molar-refractivity contribution in [1.29, 1.82) is 0 Å². The van der Waals surface area contributed by atoms with Crippen LogP contribution in [0.4, 0.5) is 4.39 Å². The van der Waals surface area contributed by atoms with Gasteiger partial charge in [0.1, 0.15) is 11.6 Å². The van der Waals surface area contributed by atoms with Gasteiger partial charge in [0.15, 0.2) is 6.61 Å². The Labute approximate surface area is 121 Å². The first-order valence-electron chi connectivity index (χ1n) is 6.23. The second kappa shape index (κ2) is 6.67. The van der Waals surface area contributed by atoms with Crippen LogP contribution in [0.3, 0.4) is 0 Å². The van der Waals surface area contributed by atoms with E-state index in [0.29, 0.717) is 17.5 Å². The normalized spacial score (nSPS) is 17.8. The van der Waals surface area contributed by atoms with Gasteiger partial charge in [-0.1, -0.05) is 11.2 Å². The van der Waals surface area contributed by atoms with Gasteiger partial charge in [0, 0.05) is 12.6 Å². The minimum atomic E-state index is -0.330. The van der Waals surface area contributed by atoms with E-state index < -0.39 is 0 Å². The van der Waals surface area contributed by atoms with Gasteiger partial charge in [-0.05, 0) is 25.1 Å². The molecule has 0 bridgehead atoms. The van der Waals surface area contributed by atoms with E-state index in [1.807, 2.05) is 0 Å². The molecule has 1 aromatic carbocycles. The van der Waals surface area contributed by atoms with Crippen LogP contribution in [0.2, 0.25) is 0 Å². The van der Waals surface area contributed by atoms with E-state index in [0.717, 1.165) is 19.5 Å². The van der Waals surface area contributed by atoms with Crippen molar-refractivity contribution in [3.05, 3.63) is 41.8 Å². The summed E-state index contributed by atoms with van der Waals surface area (Å²) in [5.41, 5.74) is 0. The van der Waals surface area contributed by atoms with Crippen LogP contribution in [0.5, 0.6) is 5.75 Å². The van der Waals surface area contributed by atoms with Crippen molar-refractivity contribution in [1.82, 2.24) is 15.5 Å². The third-order valence-electron chi connectivity index (χ3n) is 3.06. The van der Waals surface area contributed by atoms with Gasteiger partial charge in [0.2, 0.25) is 11.7 Å². The fourth-order valence-corrected chi connectivity index (χ4v) is 2.06. The molecule has 2 aromatic rings. The van der Waals surface area contributed by atoms with Crippen molar-refractivity contribution >= 4 is 12.4 Å². The van der Waals surface area contributed by atoms with Crippen LogP contribution in [0.15, 0.2) is 28.8 Å². The lowest BCUT2D eigenvalue weighted by molar-refractivity contribution is 0.283. The summed E-state index contributed by atoms with van der Waals surface area (Å²) in [5.74, 6) is 1.53. The van der Waals surface area contributed by atoms with E-state index in [2.05, 4.69) is 15.5 Å². The Hall–Kier alpha value is -1.66. The quantitative estimate of drug-likeness (QED) is 0.938. The average molecular weight is 300 g/mol. The second-order valence-corrected chi connectivity index (χ2v) is 4.48. The Balaban J connectivity index is 0.00000147. The highest BCUT2D eigenvalue weighted by atomic mass is 35.5. The molecule has 0 amide bonds. The lowest BCUT2D eigenvalue weighted by Crippen LogP contribution is -2.08. The first-order chi connectivity index (χ1) is 9.31. The molecule has 108 valence electrons. The molecule has 1 unspecified atom stereocenters. The van der Waals surface area contributed by atoms with Crippen LogP contribution in [0.25, 0.3) is 0 Å². The number of rotatable bonds is 4. The van der Waals surface area contributed by atoms with Crippen LogP contribution in [-0.4, -0.2) is 23.2 Å². The van der Waals surface area contributed by atoms with Crippen molar-refractivity contribution in [2.24, 2.45) is 0 Å². The molecule has 1 aliphatic heterocycles. The van der Waals surface area contributed by atoms with E-state index in [1.54, 1.807) is 12.1 Å². The third-order valence-corrected chi connectivity index (χ3v) is 3.06. The Bertz CT molecular complexity index is 558. The van der Waals surface area contributed by atoms with Crippen LogP contribution < -0.4 is 10.1 Å². The van der Waals surface area contributed by atoms with Gasteiger partial charge >= 0.3 is 0 Å². The summed E-state index contributed by atoms with van der Waals surface area (Å²) in [4.78, 5) is 4.29. The molecule has 1 aromatic heterocycles. The zero-order valence-electron chi connectivity index (χ0n) is 10.7.